The molecule has 1 aliphatic heterocycles. The quantitative estimate of drug-likeness (QED) is 0.823. The van der Waals surface area contributed by atoms with Gasteiger partial charge in [-0.15, -0.1) is 0 Å². The van der Waals surface area contributed by atoms with Gasteiger partial charge in [0.25, 0.3) is 5.91 Å². The molecule has 1 fully saturated rings. The molecule has 2 N–H and O–H groups in total. The van der Waals surface area contributed by atoms with Crippen molar-refractivity contribution in [2.45, 2.75) is 18.8 Å². The lowest BCUT2D eigenvalue weighted by molar-refractivity contribution is -0.135. The van der Waals surface area contributed by atoms with Gasteiger partial charge in [0.05, 0.1) is 0 Å². The van der Waals surface area contributed by atoms with Crippen molar-refractivity contribution in [2.24, 2.45) is 0 Å². The first kappa shape index (κ1) is 14.5. The number of rotatable bonds is 3. The van der Waals surface area contributed by atoms with E-state index < -0.39 is 6.61 Å². The Morgan fingerprint density at radius 1 is 1.50 bits per heavy atom. The lowest BCUT2D eigenvalue weighted by Crippen LogP contribution is -2.40. The van der Waals surface area contributed by atoms with Gasteiger partial charge in [-0.2, -0.15) is 0 Å². The van der Waals surface area contributed by atoms with E-state index in [1.807, 2.05) is 6.07 Å². The topological polar surface area (TPSA) is 82.5 Å². The summed E-state index contributed by atoms with van der Waals surface area (Å²) in [6.45, 7) is 0.757. The van der Waals surface area contributed by atoms with Crippen LogP contribution in [0.4, 0.5) is 0 Å². The van der Waals surface area contributed by atoms with E-state index in [2.05, 4.69) is 10.3 Å². The van der Waals surface area contributed by atoms with E-state index in [9.17, 15) is 9.59 Å². The van der Waals surface area contributed by atoms with Gasteiger partial charge in [-0.25, -0.2) is 4.98 Å². The molecule has 1 unspecified atom stereocenters. The number of hydrogen-bond donors (Lipinski definition) is 2. The third-order valence-electron chi connectivity index (χ3n) is 3.56. The Labute approximate surface area is 117 Å². The molecule has 1 saturated heterocycles. The summed E-state index contributed by atoms with van der Waals surface area (Å²) in [7, 11) is 1.57. The van der Waals surface area contributed by atoms with Crippen LogP contribution in [0.3, 0.4) is 0 Å². The second-order valence-corrected chi connectivity index (χ2v) is 4.86. The molecule has 108 valence electrons. The van der Waals surface area contributed by atoms with E-state index in [1.165, 1.54) is 0 Å². The molecule has 0 aromatic carbocycles. The van der Waals surface area contributed by atoms with Gasteiger partial charge in [0, 0.05) is 31.7 Å². The highest BCUT2D eigenvalue weighted by Crippen LogP contribution is 2.25. The van der Waals surface area contributed by atoms with Gasteiger partial charge < -0.3 is 15.3 Å². The molecule has 0 radical (unpaired) electrons. The fourth-order valence-electron chi connectivity index (χ4n) is 2.48. The Morgan fingerprint density at radius 2 is 2.30 bits per heavy atom. The van der Waals surface area contributed by atoms with Crippen molar-refractivity contribution in [2.75, 3.05) is 26.7 Å². The zero-order chi connectivity index (χ0) is 14.5. The van der Waals surface area contributed by atoms with Crippen molar-refractivity contribution < 1.29 is 14.7 Å². The van der Waals surface area contributed by atoms with Crippen molar-refractivity contribution in [3.8, 4) is 0 Å². The second-order valence-electron chi connectivity index (χ2n) is 4.86. The van der Waals surface area contributed by atoms with Crippen LogP contribution in [0.2, 0.25) is 0 Å². The minimum atomic E-state index is -0.460. The maximum absolute atomic E-state index is 11.6. The summed E-state index contributed by atoms with van der Waals surface area (Å²) in [6.07, 6.45) is 1.81. The van der Waals surface area contributed by atoms with Crippen LogP contribution >= 0.6 is 0 Å². The molecule has 2 heterocycles. The Hall–Kier alpha value is -1.95. The number of nitrogens with one attached hydrogen (secondary N) is 1. The summed E-state index contributed by atoms with van der Waals surface area (Å²) < 4.78 is 0. The number of aliphatic hydroxyl groups excluding tert-OH is 1. The molecule has 0 bridgehead atoms. The van der Waals surface area contributed by atoms with E-state index >= 15 is 0 Å². The summed E-state index contributed by atoms with van der Waals surface area (Å²) in [6, 6.07) is 5.35. The van der Waals surface area contributed by atoms with Gasteiger partial charge in [-0.3, -0.25) is 9.59 Å². The molecule has 1 aromatic rings. The number of piperidine rings is 1. The zero-order valence-corrected chi connectivity index (χ0v) is 11.5. The predicted molar refractivity (Wildman–Crippen MR) is 73.3 cm³/mol. The first-order valence-corrected chi connectivity index (χ1v) is 6.73. The Balaban J connectivity index is 2.14. The predicted octanol–water partition coefficient (Wildman–Crippen LogP) is 0.139. The van der Waals surface area contributed by atoms with Gasteiger partial charge in [0.2, 0.25) is 5.91 Å². The summed E-state index contributed by atoms with van der Waals surface area (Å²) in [5, 5.41) is 11.5. The fourth-order valence-corrected chi connectivity index (χ4v) is 2.48. The van der Waals surface area contributed by atoms with E-state index in [1.54, 1.807) is 24.1 Å². The Kier molecular flexibility index (Phi) is 4.68. The average Bonchev–Trinajstić information content (AvgIpc) is 2.53. The summed E-state index contributed by atoms with van der Waals surface area (Å²) in [4.78, 5) is 29.2. The average molecular weight is 277 g/mol. The van der Waals surface area contributed by atoms with E-state index in [4.69, 9.17) is 5.11 Å². The highest BCUT2D eigenvalue weighted by molar-refractivity contribution is 5.92. The molecule has 0 spiro atoms. The van der Waals surface area contributed by atoms with Crippen LogP contribution < -0.4 is 5.32 Å². The van der Waals surface area contributed by atoms with E-state index in [-0.39, 0.29) is 17.7 Å². The van der Waals surface area contributed by atoms with Crippen LogP contribution in [0.25, 0.3) is 0 Å². The number of nitrogens with zero attached hydrogens (tertiary/aromatic N) is 2. The maximum Gasteiger partial charge on any atom is 0.269 e. The van der Waals surface area contributed by atoms with Crippen molar-refractivity contribution in [3.05, 3.63) is 29.6 Å². The second kappa shape index (κ2) is 6.47. The third kappa shape index (κ3) is 3.14. The number of hydrogen-bond acceptors (Lipinski definition) is 4. The van der Waals surface area contributed by atoms with Gasteiger partial charge in [-0.05, 0) is 25.0 Å². The zero-order valence-electron chi connectivity index (χ0n) is 11.5. The molecular formula is C14H19N3O3. The fraction of sp³-hybridized carbons (Fsp3) is 0.500. The normalized spacial score (nSPS) is 18.7. The Bertz CT molecular complexity index is 504. The molecule has 2 rings (SSSR count). The molecular weight excluding hydrogens is 258 g/mol. The van der Waals surface area contributed by atoms with Crippen molar-refractivity contribution in [3.63, 3.8) is 0 Å². The van der Waals surface area contributed by atoms with Crippen LogP contribution in [0, 0.1) is 0 Å². The van der Waals surface area contributed by atoms with Gasteiger partial charge in [-0.1, -0.05) is 6.07 Å². The number of carbonyl (C=O) groups is 2. The lowest BCUT2D eigenvalue weighted by atomic mass is 9.94. The number of aromatic nitrogens is 1. The highest BCUT2D eigenvalue weighted by atomic mass is 16.3. The number of amides is 2. The van der Waals surface area contributed by atoms with Gasteiger partial charge >= 0.3 is 0 Å². The van der Waals surface area contributed by atoms with Crippen molar-refractivity contribution in [1.82, 2.24) is 15.2 Å². The summed E-state index contributed by atoms with van der Waals surface area (Å²) in [5.74, 6) is -0.355. The molecule has 2 amide bonds. The third-order valence-corrected chi connectivity index (χ3v) is 3.56. The lowest BCUT2D eigenvalue weighted by Gasteiger charge is -2.32. The van der Waals surface area contributed by atoms with Gasteiger partial charge in [0.1, 0.15) is 12.3 Å². The number of carbonyl (C=O) groups excluding carboxylic acids is 2. The molecule has 6 heteroatoms. The largest absolute Gasteiger partial charge is 0.387 e. The molecule has 1 aliphatic rings. The summed E-state index contributed by atoms with van der Waals surface area (Å²) >= 11 is 0. The van der Waals surface area contributed by atoms with E-state index in [0.717, 1.165) is 18.5 Å². The molecule has 1 atom stereocenters. The number of aliphatic hydroxyl groups is 1. The summed E-state index contributed by atoms with van der Waals surface area (Å²) in [5.41, 5.74) is 1.21. The Morgan fingerprint density at radius 3 is 3.00 bits per heavy atom. The monoisotopic (exact) mass is 277 g/mol. The number of likely N-dealkylation sites (tertiary alicyclic amines) is 1. The maximum atomic E-state index is 11.6. The molecule has 0 saturated carbocycles. The van der Waals surface area contributed by atoms with Crippen LogP contribution in [0.1, 0.15) is 34.9 Å². The van der Waals surface area contributed by atoms with Crippen molar-refractivity contribution in [1.29, 1.82) is 0 Å². The first-order chi connectivity index (χ1) is 9.65. The van der Waals surface area contributed by atoms with Crippen LogP contribution in [0.15, 0.2) is 18.2 Å². The molecule has 0 aliphatic carbocycles. The van der Waals surface area contributed by atoms with E-state index in [0.29, 0.717) is 18.8 Å². The smallest absolute Gasteiger partial charge is 0.269 e. The minimum absolute atomic E-state index is 0.115. The highest BCUT2D eigenvalue weighted by Gasteiger charge is 2.25. The van der Waals surface area contributed by atoms with Crippen LogP contribution in [-0.4, -0.2) is 53.5 Å². The molecule has 20 heavy (non-hydrogen) atoms. The first-order valence-electron chi connectivity index (χ1n) is 6.73. The SMILES string of the molecule is CNC(=O)c1cccc(C2CCCN(C(=O)CO)C2)n1. The van der Waals surface area contributed by atoms with Crippen molar-refractivity contribution >= 4 is 11.8 Å². The molecule has 6 nitrogen and oxygen atoms in total. The number of pyridine rings is 1. The molecule has 1 aromatic heterocycles. The van der Waals surface area contributed by atoms with Crippen LogP contribution in [0.5, 0.6) is 0 Å². The van der Waals surface area contributed by atoms with Crippen LogP contribution in [-0.2, 0) is 4.79 Å². The minimum Gasteiger partial charge on any atom is -0.387 e. The van der Waals surface area contributed by atoms with Gasteiger partial charge in [0.15, 0.2) is 0 Å². The standard InChI is InChI=1S/C14H19N3O3/c1-15-14(20)12-6-2-5-11(16-12)10-4-3-7-17(8-10)13(19)9-18/h2,5-6,10,18H,3-4,7-9H2,1H3,(H,15,20).